The van der Waals surface area contributed by atoms with Gasteiger partial charge in [0.05, 0.1) is 17.2 Å². The fraction of sp³-hybridized carbons (Fsp3) is 0.375. The number of rotatable bonds is 9. The Balaban J connectivity index is 0.00000187. The van der Waals surface area contributed by atoms with Crippen molar-refractivity contribution in [1.82, 2.24) is 30.5 Å². The van der Waals surface area contributed by atoms with Crippen molar-refractivity contribution in [3.05, 3.63) is 65.5 Å². The summed E-state index contributed by atoms with van der Waals surface area (Å²) in [7, 11) is 0. The van der Waals surface area contributed by atoms with Crippen LogP contribution in [0.2, 0.25) is 0 Å². The van der Waals surface area contributed by atoms with Gasteiger partial charge in [-0.05, 0) is 37.2 Å². The van der Waals surface area contributed by atoms with Crippen LogP contribution >= 0.6 is 0 Å². The van der Waals surface area contributed by atoms with Crippen molar-refractivity contribution in [2.75, 3.05) is 32.7 Å². The molecule has 0 unspecified atom stereocenters. The van der Waals surface area contributed by atoms with E-state index in [1.54, 1.807) is 0 Å². The lowest BCUT2D eigenvalue weighted by molar-refractivity contribution is 0.0943. The number of halogens is 1. The van der Waals surface area contributed by atoms with Gasteiger partial charge in [0.1, 0.15) is 5.69 Å². The molecule has 1 aromatic carbocycles. The summed E-state index contributed by atoms with van der Waals surface area (Å²) in [5, 5.41) is 5.61. The number of hydrogen-bond acceptors (Lipinski definition) is 6. The fourth-order valence-electron chi connectivity index (χ4n) is 3.05. The van der Waals surface area contributed by atoms with E-state index < -0.39 is 5.95 Å². The number of likely N-dealkylation sites (N-methyl/N-ethyl adjacent to an activating group) is 1. The summed E-state index contributed by atoms with van der Waals surface area (Å²) in [6, 6.07) is 8.26. The Bertz CT molecular complexity index is 1080. The molecule has 0 fully saturated rings. The highest BCUT2D eigenvalue weighted by atomic mass is 19.1. The number of pyridine rings is 1. The predicted molar refractivity (Wildman–Crippen MR) is 127 cm³/mol. The molecule has 0 aliphatic heterocycles. The summed E-state index contributed by atoms with van der Waals surface area (Å²) in [6.45, 7) is 10.8. The quantitative estimate of drug-likeness (QED) is 0.482. The minimum Gasteiger partial charge on any atom is -0.351 e. The van der Waals surface area contributed by atoms with E-state index in [1.807, 2.05) is 45.9 Å². The number of benzene rings is 1. The third kappa shape index (κ3) is 7.87. The molecule has 8 nitrogen and oxygen atoms in total. The van der Waals surface area contributed by atoms with Crippen molar-refractivity contribution >= 4 is 22.8 Å². The van der Waals surface area contributed by atoms with Gasteiger partial charge in [0, 0.05) is 44.0 Å². The van der Waals surface area contributed by atoms with Crippen molar-refractivity contribution in [2.45, 2.75) is 27.7 Å². The molecule has 0 bridgehead atoms. The molecule has 0 saturated heterocycles. The Morgan fingerprint density at radius 1 is 0.970 bits per heavy atom. The topological polar surface area (TPSA) is 100 Å². The van der Waals surface area contributed by atoms with E-state index in [0.29, 0.717) is 31.7 Å². The van der Waals surface area contributed by atoms with Crippen LogP contribution in [0.3, 0.4) is 0 Å². The van der Waals surface area contributed by atoms with Gasteiger partial charge in [-0.15, -0.1) is 0 Å². The van der Waals surface area contributed by atoms with Crippen LogP contribution < -0.4 is 10.6 Å². The molecule has 0 aliphatic carbocycles. The molecular weight excluding hydrogens is 423 g/mol. The summed E-state index contributed by atoms with van der Waals surface area (Å²) in [6.07, 6.45) is 2.73. The Labute approximate surface area is 193 Å². The Morgan fingerprint density at radius 2 is 1.67 bits per heavy atom. The first-order valence-corrected chi connectivity index (χ1v) is 11.1. The molecule has 0 radical (unpaired) electrons. The van der Waals surface area contributed by atoms with E-state index in [0.717, 1.165) is 23.7 Å². The van der Waals surface area contributed by atoms with Gasteiger partial charge in [0.2, 0.25) is 5.95 Å². The van der Waals surface area contributed by atoms with Gasteiger partial charge in [-0.1, -0.05) is 26.8 Å². The first-order valence-electron chi connectivity index (χ1n) is 11.1. The van der Waals surface area contributed by atoms with E-state index in [4.69, 9.17) is 0 Å². The first-order chi connectivity index (χ1) is 16.0. The fourth-order valence-corrected chi connectivity index (χ4v) is 3.05. The predicted octanol–water partition coefficient (Wildman–Crippen LogP) is 2.98. The minimum atomic E-state index is -0.690. The molecule has 2 heterocycles. The number of amides is 2. The third-order valence-corrected chi connectivity index (χ3v) is 4.79. The van der Waals surface area contributed by atoms with Gasteiger partial charge in [-0.25, -0.2) is 9.97 Å². The average molecular weight is 455 g/mol. The molecular formula is C24H31FN6O2. The number of nitrogens with zero attached hydrogens (tertiary/aromatic N) is 4. The van der Waals surface area contributed by atoms with Crippen LogP contribution in [0.1, 0.15) is 47.2 Å². The molecule has 0 atom stereocenters. The van der Waals surface area contributed by atoms with Crippen molar-refractivity contribution in [1.29, 1.82) is 0 Å². The van der Waals surface area contributed by atoms with E-state index >= 15 is 0 Å². The zero-order chi connectivity index (χ0) is 24.2. The molecule has 0 aliphatic rings. The molecule has 33 heavy (non-hydrogen) atoms. The second-order valence-corrected chi connectivity index (χ2v) is 7.06. The molecule has 2 aromatic heterocycles. The van der Waals surface area contributed by atoms with E-state index in [-0.39, 0.29) is 23.1 Å². The highest BCUT2D eigenvalue weighted by Gasteiger charge is 2.11. The minimum absolute atomic E-state index is 0.231. The average Bonchev–Trinajstić information content (AvgIpc) is 2.83. The van der Waals surface area contributed by atoms with E-state index in [1.165, 1.54) is 18.5 Å². The largest absolute Gasteiger partial charge is 0.351 e. The molecule has 0 saturated carbocycles. The highest BCUT2D eigenvalue weighted by Crippen LogP contribution is 2.11. The van der Waals surface area contributed by atoms with Gasteiger partial charge >= 0.3 is 0 Å². The summed E-state index contributed by atoms with van der Waals surface area (Å²) < 4.78 is 13.1. The maximum absolute atomic E-state index is 13.1. The Morgan fingerprint density at radius 3 is 2.33 bits per heavy atom. The number of aryl methyl sites for hydroxylation is 1. The molecule has 2 N–H and O–H groups in total. The van der Waals surface area contributed by atoms with Crippen LogP contribution in [0, 0.1) is 12.9 Å². The lowest BCUT2D eigenvalue weighted by Gasteiger charge is -2.20. The smallest absolute Gasteiger partial charge is 0.271 e. The second kappa shape index (κ2) is 13.2. The van der Waals surface area contributed by atoms with Crippen LogP contribution in [0.5, 0.6) is 0 Å². The maximum atomic E-state index is 13.1. The number of hydrogen-bond donors (Lipinski definition) is 2. The van der Waals surface area contributed by atoms with E-state index in [2.05, 4.69) is 30.5 Å². The number of aromatic nitrogens is 3. The van der Waals surface area contributed by atoms with Crippen molar-refractivity contribution < 1.29 is 14.0 Å². The summed E-state index contributed by atoms with van der Waals surface area (Å²) in [5.74, 6) is -1.32. The summed E-state index contributed by atoms with van der Waals surface area (Å²) >= 11 is 0. The molecule has 0 spiro atoms. The third-order valence-electron chi connectivity index (χ3n) is 4.79. The van der Waals surface area contributed by atoms with Gasteiger partial charge in [-0.3, -0.25) is 14.6 Å². The van der Waals surface area contributed by atoms with Crippen LogP contribution in [0.15, 0.2) is 42.7 Å². The van der Waals surface area contributed by atoms with Gasteiger partial charge in [0.15, 0.2) is 0 Å². The van der Waals surface area contributed by atoms with Crippen molar-refractivity contribution in [3.63, 3.8) is 0 Å². The number of fused-ring (bicyclic) bond motifs is 1. The number of carbonyl (C=O) groups excluding carboxylic acids is 2. The van der Waals surface area contributed by atoms with Crippen molar-refractivity contribution in [3.8, 4) is 0 Å². The number of carbonyl (C=O) groups is 2. The molecule has 9 heteroatoms. The lowest BCUT2D eigenvalue weighted by Crippen LogP contribution is -2.39. The van der Waals surface area contributed by atoms with Crippen LogP contribution in [-0.2, 0) is 0 Å². The van der Waals surface area contributed by atoms with Gasteiger partial charge in [-0.2, -0.15) is 4.39 Å². The summed E-state index contributed by atoms with van der Waals surface area (Å²) in [5.41, 5.74) is 3.03. The molecule has 2 amide bonds. The summed E-state index contributed by atoms with van der Waals surface area (Å²) in [4.78, 5) is 38.6. The first kappa shape index (κ1) is 25.8. The van der Waals surface area contributed by atoms with E-state index in [9.17, 15) is 14.0 Å². The monoisotopic (exact) mass is 454 g/mol. The zero-order valence-electron chi connectivity index (χ0n) is 19.6. The second-order valence-electron chi connectivity index (χ2n) is 7.06. The van der Waals surface area contributed by atoms with Gasteiger partial charge < -0.3 is 15.5 Å². The molecule has 176 valence electrons. The Kier molecular flexibility index (Phi) is 10.3. The zero-order valence-corrected chi connectivity index (χ0v) is 19.6. The van der Waals surface area contributed by atoms with Crippen LogP contribution in [0.25, 0.3) is 11.0 Å². The van der Waals surface area contributed by atoms with Gasteiger partial charge in [0.25, 0.3) is 11.8 Å². The number of nitrogens with one attached hydrogen (secondary N) is 2. The molecule has 3 rings (SSSR count). The standard InChI is InChI=1S/C22H25FN6O2.C2H6/c1-3-29(10-8-25-21(30)16-6-7-24-20(23)13-16)11-9-26-22(31)19-14-27-18-12-15(2)4-5-17(18)28-19;1-2/h4-7,12-14H,3,8-11H2,1-2H3,(H,25,30)(H,26,31);1-2H3. The lowest BCUT2D eigenvalue weighted by atomic mass is 10.2. The molecule has 3 aromatic rings. The normalized spacial score (nSPS) is 10.5. The maximum Gasteiger partial charge on any atom is 0.271 e. The van der Waals surface area contributed by atoms with Crippen molar-refractivity contribution in [2.24, 2.45) is 0 Å². The van der Waals surface area contributed by atoms with Crippen LogP contribution in [-0.4, -0.2) is 64.4 Å². The van der Waals surface area contributed by atoms with Crippen LogP contribution in [0.4, 0.5) is 4.39 Å². The Hall–Kier alpha value is -3.46. The highest BCUT2D eigenvalue weighted by molar-refractivity contribution is 5.94. The SMILES string of the molecule is CC.CCN(CCNC(=O)c1ccnc(F)c1)CCNC(=O)c1cnc2cc(C)ccc2n1.